The van der Waals surface area contributed by atoms with Crippen molar-refractivity contribution in [2.45, 2.75) is 32.4 Å². The van der Waals surface area contributed by atoms with Gasteiger partial charge in [0.1, 0.15) is 0 Å². The molecule has 1 fully saturated rings. The van der Waals surface area contributed by atoms with Gasteiger partial charge in [0.2, 0.25) is 0 Å². The summed E-state index contributed by atoms with van der Waals surface area (Å²) in [5, 5.41) is 10.5. The van der Waals surface area contributed by atoms with E-state index in [1.165, 1.54) is 24.1 Å². The molecular weight excluding hydrogens is 188 g/mol. The summed E-state index contributed by atoms with van der Waals surface area (Å²) < 4.78 is 0. The van der Waals surface area contributed by atoms with Crippen LogP contribution in [-0.4, -0.2) is 41.3 Å². The van der Waals surface area contributed by atoms with E-state index in [2.05, 4.69) is 34.4 Å². The highest BCUT2D eigenvalue weighted by Gasteiger charge is 2.19. The zero-order valence-corrected chi connectivity index (χ0v) is 9.58. The number of rotatable bonds is 6. The first kappa shape index (κ1) is 10.6. The fourth-order valence-corrected chi connectivity index (χ4v) is 1.65. The maximum atomic E-state index is 4.03. The maximum Gasteiger partial charge on any atom is 0.0535 e. The van der Waals surface area contributed by atoms with E-state index in [1.54, 1.807) is 0 Å². The summed E-state index contributed by atoms with van der Waals surface area (Å²) in [5.74, 6) is 0. The standard InChI is InChI=1S/C11H20N4/c1-9-10(7-13-14-9)8-15(2)6-5-12-11-3-4-11/h7,11-12H,3-6,8H2,1-2H3,(H,13,14). The van der Waals surface area contributed by atoms with Crippen molar-refractivity contribution in [1.29, 1.82) is 0 Å². The van der Waals surface area contributed by atoms with E-state index in [9.17, 15) is 0 Å². The Balaban J connectivity index is 1.67. The molecule has 1 aliphatic rings. The highest BCUT2D eigenvalue weighted by molar-refractivity contribution is 5.13. The van der Waals surface area contributed by atoms with Crippen molar-refractivity contribution < 1.29 is 0 Å². The van der Waals surface area contributed by atoms with Gasteiger partial charge in [-0.25, -0.2) is 0 Å². The Labute approximate surface area is 91.1 Å². The van der Waals surface area contributed by atoms with Gasteiger partial charge in [-0.1, -0.05) is 0 Å². The fraction of sp³-hybridized carbons (Fsp3) is 0.727. The predicted octanol–water partition coefficient (Wildman–Crippen LogP) is 0.902. The Morgan fingerprint density at radius 3 is 3.00 bits per heavy atom. The summed E-state index contributed by atoms with van der Waals surface area (Å²) in [6.07, 6.45) is 4.65. The predicted molar refractivity (Wildman–Crippen MR) is 60.7 cm³/mol. The molecule has 84 valence electrons. The molecule has 1 saturated carbocycles. The number of hydrogen-bond donors (Lipinski definition) is 2. The SMILES string of the molecule is Cc1[nH]ncc1CN(C)CCNC1CC1. The van der Waals surface area contributed by atoms with E-state index < -0.39 is 0 Å². The number of aryl methyl sites for hydroxylation is 1. The Hall–Kier alpha value is -0.870. The van der Waals surface area contributed by atoms with Crippen LogP contribution in [0.15, 0.2) is 6.20 Å². The van der Waals surface area contributed by atoms with Crippen LogP contribution in [-0.2, 0) is 6.54 Å². The second-order valence-electron chi connectivity index (χ2n) is 4.49. The second-order valence-corrected chi connectivity index (χ2v) is 4.49. The van der Waals surface area contributed by atoms with Crippen LogP contribution < -0.4 is 5.32 Å². The van der Waals surface area contributed by atoms with Gasteiger partial charge in [0.05, 0.1) is 6.20 Å². The molecule has 0 radical (unpaired) electrons. The lowest BCUT2D eigenvalue weighted by Gasteiger charge is -2.16. The Morgan fingerprint density at radius 1 is 1.60 bits per heavy atom. The van der Waals surface area contributed by atoms with E-state index in [4.69, 9.17) is 0 Å². The number of nitrogens with one attached hydrogen (secondary N) is 2. The molecule has 1 heterocycles. The molecule has 2 rings (SSSR count). The summed E-state index contributed by atoms with van der Waals surface area (Å²) in [5.41, 5.74) is 2.47. The molecule has 2 N–H and O–H groups in total. The van der Waals surface area contributed by atoms with Gasteiger partial charge in [0, 0.05) is 36.9 Å². The number of nitrogens with zero attached hydrogens (tertiary/aromatic N) is 2. The van der Waals surface area contributed by atoms with Gasteiger partial charge in [0.25, 0.3) is 0 Å². The largest absolute Gasteiger partial charge is 0.313 e. The van der Waals surface area contributed by atoms with Crippen molar-refractivity contribution in [3.05, 3.63) is 17.5 Å². The summed E-state index contributed by atoms with van der Waals surface area (Å²) in [7, 11) is 2.15. The molecule has 0 amide bonds. The first-order chi connectivity index (χ1) is 7.25. The van der Waals surface area contributed by atoms with Crippen molar-refractivity contribution in [3.8, 4) is 0 Å². The molecule has 0 bridgehead atoms. The number of hydrogen-bond acceptors (Lipinski definition) is 3. The Bertz CT molecular complexity index is 303. The highest BCUT2D eigenvalue weighted by Crippen LogP contribution is 2.18. The molecular formula is C11H20N4. The molecule has 15 heavy (non-hydrogen) atoms. The third kappa shape index (κ3) is 3.32. The van der Waals surface area contributed by atoms with Gasteiger partial charge in [-0.05, 0) is 26.8 Å². The zero-order chi connectivity index (χ0) is 10.7. The molecule has 0 aromatic carbocycles. The van der Waals surface area contributed by atoms with Crippen molar-refractivity contribution in [1.82, 2.24) is 20.4 Å². The van der Waals surface area contributed by atoms with E-state index in [1.807, 2.05) is 6.20 Å². The van der Waals surface area contributed by atoms with E-state index in [0.717, 1.165) is 25.7 Å². The van der Waals surface area contributed by atoms with E-state index in [-0.39, 0.29) is 0 Å². The average Bonchev–Trinajstić information content (AvgIpc) is 2.93. The lowest BCUT2D eigenvalue weighted by Crippen LogP contribution is -2.30. The van der Waals surface area contributed by atoms with Crippen LogP contribution in [0.3, 0.4) is 0 Å². The van der Waals surface area contributed by atoms with Crippen LogP contribution in [0, 0.1) is 6.92 Å². The van der Waals surface area contributed by atoms with Gasteiger partial charge in [-0.3, -0.25) is 5.10 Å². The molecule has 0 saturated heterocycles. The topological polar surface area (TPSA) is 44.0 Å². The van der Waals surface area contributed by atoms with Crippen molar-refractivity contribution >= 4 is 0 Å². The van der Waals surface area contributed by atoms with Crippen LogP contribution in [0.4, 0.5) is 0 Å². The van der Waals surface area contributed by atoms with E-state index in [0.29, 0.717) is 0 Å². The summed E-state index contributed by atoms with van der Waals surface area (Å²) in [6.45, 7) is 5.24. The average molecular weight is 208 g/mol. The third-order valence-corrected chi connectivity index (χ3v) is 2.88. The number of likely N-dealkylation sites (N-methyl/N-ethyl adjacent to an activating group) is 1. The van der Waals surface area contributed by atoms with Gasteiger partial charge in [-0.15, -0.1) is 0 Å². The molecule has 4 nitrogen and oxygen atoms in total. The maximum absolute atomic E-state index is 4.03. The van der Waals surface area contributed by atoms with Crippen LogP contribution in [0.25, 0.3) is 0 Å². The van der Waals surface area contributed by atoms with Crippen molar-refractivity contribution in [3.63, 3.8) is 0 Å². The van der Waals surface area contributed by atoms with Gasteiger partial charge in [-0.2, -0.15) is 5.10 Å². The molecule has 1 aromatic heterocycles. The van der Waals surface area contributed by atoms with Crippen LogP contribution >= 0.6 is 0 Å². The second kappa shape index (κ2) is 4.77. The normalized spacial score (nSPS) is 16.2. The summed E-state index contributed by atoms with van der Waals surface area (Å²) >= 11 is 0. The Kier molecular flexibility index (Phi) is 3.38. The molecule has 0 atom stereocenters. The third-order valence-electron chi connectivity index (χ3n) is 2.88. The van der Waals surface area contributed by atoms with Gasteiger partial charge >= 0.3 is 0 Å². The monoisotopic (exact) mass is 208 g/mol. The minimum absolute atomic E-state index is 0.814. The molecule has 0 unspecified atom stereocenters. The molecule has 4 heteroatoms. The fourth-order valence-electron chi connectivity index (χ4n) is 1.65. The molecule has 0 aliphatic heterocycles. The first-order valence-electron chi connectivity index (χ1n) is 5.66. The van der Waals surface area contributed by atoms with Crippen LogP contribution in [0.1, 0.15) is 24.1 Å². The molecule has 1 aliphatic carbocycles. The van der Waals surface area contributed by atoms with Crippen molar-refractivity contribution in [2.75, 3.05) is 20.1 Å². The smallest absolute Gasteiger partial charge is 0.0535 e. The lowest BCUT2D eigenvalue weighted by atomic mass is 10.2. The highest BCUT2D eigenvalue weighted by atomic mass is 15.1. The van der Waals surface area contributed by atoms with Gasteiger partial charge in [0.15, 0.2) is 0 Å². The summed E-state index contributed by atoms with van der Waals surface area (Å²) in [4.78, 5) is 2.33. The van der Waals surface area contributed by atoms with Crippen LogP contribution in [0.2, 0.25) is 0 Å². The lowest BCUT2D eigenvalue weighted by molar-refractivity contribution is 0.323. The quantitative estimate of drug-likeness (QED) is 0.730. The number of aromatic amines is 1. The minimum atomic E-state index is 0.814. The van der Waals surface area contributed by atoms with Crippen LogP contribution in [0.5, 0.6) is 0 Å². The number of H-pyrrole nitrogens is 1. The number of aromatic nitrogens is 2. The van der Waals surface area contributed by atoms with E-state index >= 15 is 0 Å². The molecule has 1 aromatic rings. The Morgan fingerprint density at radius 2 is 2.40 bits per heavy atom. The summed E-state index contributed by atoms with van der Waals surface area (Å²) in [6, 6.07) is 0.814. The minimum Gasteiger partial charge on any atom is -0.313 e. The zero-order valence-electron chi connectivity index (χ0n) is 9.58. The molecule has 0 spiro atoms. The van der Waals surface area contributed by atoms with Gasteiger partial charge < -0.3 is 10.2 Å². The first-order valence-corrected chi connectivity index (χ1v) is 5.66. The van der Waals surface area contributed by atoms with Crippen molar-refractivity contribution in [2.24, 2.45) is 0 Å².